The number of hydrogen-bond donors (Lipinski definition) is 0. The third-order valence-corrected chi connectivity index (χ3v) is 6.31. The summed E-state index contributed by atoms with van der Waals surface area (Å²) in [5.41, 5.74) is 1.61. The van der Waals surface area contributed by atoms with Crippen molar-refractivity contribution in [2.45, 2.75) is 25.2 Å². The lowest BCUT2D eigenvalue weighted by Gasteiger charge is -2.20. The maximum Gasteiger partial charge on any atom is 0.293 e. The Bertz CT molecular complexity index is 839. The summed E-state index contributed by atoms with van der Waals surface area (Å²) in [6.07, 6.45) is 2.09. The van der Waals surface area contributed by atoms with Crippen molar-refractivity contribution in [1.82, 2.24) is 4.31 Å². The van der Waals surface area contributed by atoms with Crippen LogP contribution in [0.5, 0.6) is 0 Å². The van der Waals surface area contributed by atoms with E-state index in [0.717, 1.165) is 11.3 Å². The summed E-state index contributed by atoms with van der Waals surface area (Å²) in [6, 6.07) is 8.25. The summed E-state index contributed by atoms with van der Waals surface area (Å²) in [4.78, 5) is 14.4. The highest BCUT2D eigenvalue weighted by molar-refractivity contribution is 7.89. The van der Waals surface area contributed by atoms with Crippen LogP contribution in [-0.4, -0.2) is 38.3 Å². The summed E-state index contributed by atoms with van der Waals surface area (Å²) < 4.78 is 31.8. The van der Waals surface area contributed by atoms with Gasteiger partial charge in [0.1, 0.15) is 0 Å². The summed E-state index contributed by atoms with van der Waals surface area (Å²) in [7, 11) is -3.49. The molecule has 0 saturated carbocycles. The van der Waals surface area contributed by atoms with Crippen LogP contribution in [0.4, 0.5) is 5.69 Å². The fourth-order valence-corrected chi connectivity index (χ4v) is 4.50. The molecule has 1 aromatic carbocycles. The molecule has 0 saturated heterocycles. The number of carbonyl (C=O) groups is 1. The highest BCUT2D eigenvalue weighted by atomic mass is 32.2. The molecule has 7 heteroatoms. The van der Waals surface area contributed by atoms with E-state index in [4.69, 9.17) is 4.42 Å². The molecule has 0 N–H and O–H groups in total. The smallest absolute Gasteiger partial charge is 0.293 e. The van der Waals surface area contributed by atoms with Crippen molar-refractivity contribution in [3.63, 3.8) is 0 Å². The highest BCUT2D eigenvalue weighted by Gasteiger charge is 2.29. The fourth-order valence-electron chi connectivity index (χ4n) is 3.00. The Morgan fingerprint density at radius 1 is 1.25 bits per heavy atom. The molecule has 1 aromatic heterocycles. The first-order chi connectivity index (χ1) is 11.5. The Kier molecular flexibility index (Phi) is 4.47. The minimum absolute atomic E-state index is 0.210. The number of rotatable bonds is 5. The van der Waals surface area contributed by atoms with Gasteiger partial charge in [-0.15, -0.1) is 0 Å². The monoisotopic (exact) mass is 348 g/mol. The van der Waals surface area contributed by atoms with Gasteiger partial charge >= 0.3 is 0 Å². The van der Waals surface area contributed by atoms with Crippen molar-refractivity contribution in [2.75, 3.05) is 24.5 Å². The van der Waals surface area contributed by atoms with Crippen molar-refractivity contribution in [2.24, 2.45) is 0 Å². The van der Waals surface area contributed by atoms with Gasteiger partial charge in [0.2, 0.25) is 10.0 Å². The maximum absolute atomic E-state index is 12.6. The van der Waals surface area contributed by atoms with Gasteiger partial charge in [0, 0.05) is 25.3 Å². The van der Waals surface area contributed by atoms with E-state index in [-0.39, 0.29) is 16.6 Å². The Labute approximate surface area is 141 Å². The Balaban J connectivity index is 1.93. The average Bonchev–Trinajstić information content (AvgIpc) is 3.24. The van der Waals surface area contributed by atoms with Gasteiger partial charge in [-0.2, -0.15) is 4.31 Å². The second kappa shape index (κ2) is 6.41. The van der Waals surface area contributed by atoms with Crippen LogP contribution >= 0.6 is 0 Å². The van der Waals surface area contributed by atoms with Crippen LogP contribution in [0.25, 0.3) is 0 Å². The van der Waals surface area contributed by atoms with Crippen LogP contribution in [0.1, 0.15) is 30.0 Å². The van der Waals surface area contributed by atoms with Crippen molar-refractivity contribution in [3.05, 3.63) is 47.9 Å². The van der Waals surface area contributed by atoms with E-state index in [0.29, 0.717) is 26.1 Å². The van der Waals surface area contributed by atoms with Crippen LogP contribution < -0.4 is 4.90 Å². The number of nitrogens with zero attached hydrogens (tertiary/aromatic N) is 2. The molecule has 1 aliphatic heterocycles. The predicted octanol–water partition coefficient (Wildman–Crippen LogP) is 2.51. The number of amides is 1. The first kappa shape index (κ1) is 16.7. The number of fused-ring (bicyclic) bond motifs is 1. The predicted molar refractivity (Wildman–Crippen MR) is 90.6 cm³/mol. The third kappa shape index (κ3) is 2.74. The molecule has 0 unspecified atom stereocenters. The average molecular weight is 348 g/mol. The summed E-state index contributed by atoms with van der Waals surface area (Å²) >= 11 is 0. The van der Waals surface area contributed by atoms with E-state index in [9.17, 15) is 13.2 Å². The quantitative estimate of drug-likeness (QED) is 0.832. The highest BCUT2D eigenvalue weighted by Crippen LogP contribution is 2.32. The molecule has 0 atom stereocenters. The van der Waals surface area contributed by atoms with Gasteiger partial charge in [-0.3, -0.25) is 4.79 Å². The van der Waals surface area contributed by atoms with E-state index in [1.165, 1.54) is 10.6 Å². The molecule has 2 aromatic rings. The number of furan rings is 1. The lowest BCUT2D eigenvalue weighted by Crippen LogP contribution is -2.30. The van der Waals surface area contributed by atoms with Crippen LogP contribution in [0, 0.1) is 0 Å². The Morgan fingerprint density at radius 2 is 2.00 bits per heavy atom. The second-order valence-electron chi connectivity index (χ2n) is 5.56. The molecule has 1 amide bonds. The molecule has 0 fully saturated rings. The third-order valence-electron chi connectivity index (χ3n) is 4.27. The number of carbonyl (C=O) groups excluding carboxylic acids is 1. The summed E-state index contributed by atoms with van der Waals surface area (Å²) in [5, 5.41) is 0. The molecule has 0 radical (unpaired) electrons. The minimum atomic E-state index is -3.49. The molecule has 0 spiro atoms. The van der Waals surface area contributed by atoms with E-state index in [1.54, 1.807) is 35.2 Å². The molecule has 0 aliphatic carbocycles. The second-order valence-corrected chi connectivity index (χ2v) is 7.50. The van der Waals surface area contributed by atoms with Crippen molar-refractivity contribution in [1.29, 1.82) is 0 Å². The summed E-state index contributed by atoms with van der Waals surface area (Å²) in [6.45, 7) is 5.01. The lowest BCUT2D eigenvalue weighted by molar-refractivity contribution is 0.0963. The van der Waals surface area contributed by atoms with Gasteiger partial charge in [0.05, 0.1) is 11.2 Å². The molecule has 24 heavy (non-hydrogen) atoms. The SMILES string of the molecule is CCN(CC)S(=O)(=O)c1ccc2c(c1)CCN2C(=O)c1ccco1. The molecule has 128 valence electrons. The van der Waals surface area contributed by atoms with Gasteiger partial charge in [-0.05, 0) is 42.3 Å². The standard InChI is InChI=1S/C17H20N2O4S/c1-3-18(4-2)24(21,22)14-7-8-15-13(12-14)9-10-19(15)17(20)16-6-5-11-23-16/h5-8,11-12H,3-4,9-10H2,1-2H3. The lowest BCUT2D eigenvalue weighted by atomic mass is 10.2. The first-order valence-electron chi connectivity index (χ1n) is 7.97. The van der Waals surface area contributed by atoms with Crippen molar-refractivity contribution < 1.29 is 17.6 Å². The Hall–Kier alpha value is -2.12. The number of benzene rings is 1. The molecular weight excluding hydrogens is 328 g/mol. The van der Waals surface area contributed by atoms with E-state index in [1.807, 2.05) is 13.8 Å². The minimum Gasteiger partial charge on any atom is -0.459 e. The molecule has 6 nitrogen and oxygen atoms in total. The van der Waals surface area contributed by atoms with Crippen LogP contribution in [0.3, 0.4) is 0 Å². The molecule has 0 bridgehead atoms. The largest absolute Gasteiger partial charge is 0.459 e. The van der Waals surface area contributed by atoms with E-state index >= 15 is 0 Å². The van der Waals surface area contributed by atoms with Gasteiger partial charge in [0.25, 0.3) is 5.91 Å². The molecule has 3 rings (SSSR count). The van der Waals surface area contributed by atoms with E-state index < -0.39 is 10.0 Å². The van der Waals surface area contributed by atoms with E-state index in [2.05, 4.69) is 0 Å². The zero-order chi connectivity index (χ0) is 17.3. The molecule has 2 heterocycles. The maximum atomic E-state index is 12.6. The topological polar surface area (TPSA) is 70.8 Å². The summed E-state index contributed by atoms with van der Waals surface area (Å²) in [5.74, 6) is 0.0702. The number of anilines is 1. The first-order valence-corrected chi connectivity index (χ1v) is 9.41. The number of hydrogen-bond acceptors (Lipinski definition) is 4. The normalized spacial score (nSPS) is 14.2. The van der Waals surface area contributed by atoms with Crippen molar-refractivity contribution >= 4 is 21.6 Å². The van der Waals surface area contributed by atoms with Gasteiger partial charge in [-0.25, -0.2) is 8.42 Å². The van der Waals surface area contributed by atoms with Gasteiger partial charge in [-0.1, -0.05) is 13.8 Å². The van der Waals surface area contributed by atoms with Crippen LogP contribution in [0.2, 0.25) is 0 Å². The zero-order valence-electron chi connectivity index (χ0n) is 13.7. The molecular formula is C17H20N2O4S. The van der Waals surface area contributed by atoms with Gasteiger partial charge in [0.15, 0.2) is 5.76 Å². The van der Waals surface area contributed by atoms with Crippen LogP contribution in [0.15, 0.2) is 45.9 Å². The molecule has 1 aliphatic rings. The van der Waals surface area contributed by atoms with Crippen molar-refractivity contribution in [3.8, 4) is 0 Å². The number of sulfonamides is 1. The van der Waals surface area contributed by atoms with Crippen LogP contribution in [-0.2, 0) is 16.4 Å². The Morgan fingerprint density at radius 3 is 2.62 bits per heavy atom. The van der Waals surface area contributed by atoms with Gasteiger partial charge < -0.3 is 9.32 Å². The fraction of sp³-hybridized carbons (Fsp3) is 0.353. The zero-order valence-corrected chi connectivity index (χ0v) is 14.5.